The quantitative estimate of drug-likeness (QED) is 0.918. The maximum Gasteiger partial charge on any atom is 0.269 e. The van der Waals surface area contributed by atoms with E-state index in [0.717, 1.165) is 17.1 Å². The number of halogens is 2. The number of rotatable bonds is 5. The first-order valence-electron chi connectivity index (χ1n) is 5.58. The summed E-state index contributed by atoms with van der Waals surface area (Å²) in [4.78, 5) is 12.1. The molecule has 0 spiro atoms. The van der Waals surface area contributed by atoms with Crippen LogP contribution in [0.15, 0.2) is 24.3 Å². The van der Waals surface area contributed by atoms with E-state index in [-0.39, 0.29) is 10.6 Å². The summed E-state index contributed by atoms with van der Waals surface area (Å²) in [5.74, 6) is -0.458. The highest BCUT2D eigenvalue weighted by Crippen LogP contribution is 2.16. The van der Waals surface area contributed by atoms with Crippen LogP contribution in [-0.4, -0.2) is 22.2 Å². The summed E-state index contributed by atoms with van der Waals surface area (Å²) in [5, 5.41) is 6.15. The van der Waals surface area contributed by atoms with Gasteiger partial charge in [-0.1, -0.05) is 16.6 Å². The average Bonchev–Trinajstić information content (AvgIpc) is 2.88. The highest BCUT2D eigenvalue weighted by Gasteiger charge is 2.16. The predicted octanol–water partition coefficient (Wildman–Crippen LogP) is 2.77. The van der Waals surface area contributed by atoms with Crippen LogP contribution < -0.4 is 5.32 Å². The Morgan fingerprint density at radius 2 is 2.21 bits per heavy atom. The van der Waals surface area contributed by atoms with Gasteiger partial charge in [-0.15, -0.1) is 5.10 Å². The molecule has 0 atom stereocenters. The molecule has 19 heavy (non-hydrogen) atoms. The molecule has 0 saturated carbocycles. The van der Waals surface area contributed by atoms with Gasteiger partial charge in [0.2, 0.25) is 0 Å². The van der Waals surface area contributed by atoms with Gasteiger partial charge in [0.25, 0.3) is 5.91 Å². The van der Waals surface area contributed by atoms with Crippen molar-refractivity contribution >= 4 is 23.1 Å². The zero-order valence-corrected chi connectivity index (χ0v) is 10.7. The largest absolute Gasteiger partial charge is 0.321 e. The van der Waals surface area contributed by atoms with E-state index >= 15 is 0 Å². The molecule has 100 valence electrons. The lowest BCUT2D eigenvalue weighted by Crippen LogP contribution is -2.12. The third-order valence-electron chi connectivity index (χ3n) is 2.46. The summed E-state index contributed by atoms with van der Waals surface area (Å²) in [7, 11) is 0. The molecule has 1 aromatic heterocycles. The standard InChI is InChI=1S/C12H11F2N3OS/c13-5-4-8-2-1-3-9(6-8)15-12(18)11-10(7-14)16-17-19-11/h1-3,6H,4-5,7H2,(H,15,18). The van der Waals surface area contributed by atoms with Crippen molar-refractivity contribution in [3.8, 4) is 0 Å². The minimum Gasteiger partial charge on any atom is -0.321 e. The van der Waals surface area contributed by atoms with Gasteiger partial charge in [-0.25, -0.2) is 4.39 Å². The van der Waals surface area contributed by atoms with Gasteiger partial charge in [0.1, 0.15) is 17.2 Å². The molecule has 2 aromatic rings. The van der Waals surface area contributed by atoms with Gasteiger partial charge in [-0.2, -0.15) is 0 Å². The van der Waals surface area contributed by atoms with Crippen molar-refractivity contribution in [1.29, 1.82) is 0 Å². The van der Waals surface area contributed by atoms with Gasteiger partial charge in [0.15, 0.2) is 0 Å². The van der Waals surface area contributed by atoms with Crippen LogP contribution >= 0.6 is 11.5 Å². The number of anilines is 1. The highest BCUT2D eigenvalue weighted by atomic mass is 32.1. The van der Waals surface area contributed by atoms with Crippen molar-refractivity contribution in [1.82, 2.24) is 9.59 Å². The molecule has 0 radical (unpaired) electrons. The molecule has 0 aliphatic rings. The van der Waals surface area contributed by atoms with Gasteiger partial charge >= 0.3 is 0 Å². The minimum atomic E-state index is -0.832. The van der Waals surface area contributed by atoms with Crippen LogP contribution in [0.1, 0.15) is 20.9 Å². The molecule has 0 aliphatic carbocycles. The Kier molecular flexibility index (Phi) is 4.51. The van der Waals surface area contributed by atoms with E-state index in [0.29, 0.717) is 12.1 Å². The molecule has 7 heteroatoms. The van der Waals surface area contributed by atoms with Crippen molar-refractivity contribution in [2.24, 2.45) is 0 Å². The molecule has 1 amide bonds. The Balaban J connectivity index is 2.12. The lowest BCUT2D eigenvalue weighted by Gasteiger charge is -2.05. The van der Waals surface area contributed by atoms with E-state index in [1.165, 1.54) is 0 Å². The monoisotopic (exact) mass is 283 g/mol. The Labute approximate surface area is 112 Å². The topological polar surface area (TPSA) is 54.9 Å². The number of carbonyl (C=O) groups is 1. The first-order valence-corrected chi connectivity index (χ1v) is 6.35. The van der Waals surface area contributed by atoms with Gasteiger partial charge < -0.3 is 5.32 Å². The van der Waals surface area contributed by atoms with Crippen molar-refractivity contribution in [3.63, 3.8) is 0 Å². The molecule has 0 bridgehead atoms. The third kappa shape index (κ3) is 3.31. The Morgan fingerprint density at radius 3 is 2.95 bits per heavy atom. The lowest BCUT2D eigenvalue weighted by molar-refractivity contribution is 0.102. The number of aryl methyl sites for hydroxylation is 1. The number of carbonyl (C=O) groups excluding carboxylic acids is 1. The molecule has 0 fully saturated rings. The van der Waals surface area contributed by atoms with Crippen molar-refractivity contribution in [2.45, 2.75) is 13.1 Å². The molecule has 2 rings (SSSR count). The van der Waals surface area contributed by atoms with Crippen LogP contribution in [0, 0.1) is 0 Å². The molecule has 0 aliphatic heterocycles. The summed E-state index contributed by atoms with van der Waals surface area (Å²) in [6.07, 6.45) is 0.293. The number of amides is 1. The molecule has 4 nitrogen and oxygen atoms in total. The smallest absolute Gasteiger partial charge is 0.269 e. The van der Waals surface area contributed by atoms with Crippen molar-refractivity contribution in [3.05, 3.63) is 40.4 Å². The number of benzene rings is 1. The second kappa shape index (κ2) is 6.33. The van der Waals surface area contributed by atoms with E-state index in [2.05, 4.69) is 14.9 Å². The molecule has 0 saturated heterocycles. The summed E-state index contributed by atoms with van der Waals surface area (Å²) >= 11 is 0.843. The van der Waals surface area contributed by atoms with Crippen LogP contribution in [0.5, 0.6) is 0 Å². The number of hydrogen-bond acceptors (Lipinski definition) is 4. The van der Waals surface area contributed by atoms with Crippen LogP contribution in [0.3, 0.4) is 0 Å². The third-order valence-corrected chi connectivity index (χ3v) is 3.22. The van der Waals surface area contributed by atoms with E-state index in [1.807, 2.05) is 0 Å². The second-order valence-electron chi connectivity index (χ2n) is 3.78. The predicted molar refractivity (Wildman–Crippen MR) is 68.8 cm³/mol. The van der Waals surface area contributed by atoms with Crippen molar-refractivity contribution < 1.29 is 13.6 Å². The number of hydrogen-bond donors (Lipinski definition) is 1. The fourth-order valence-corrected chi connectivity index (χ4v) is 2.13. The van der Waals surface area contributed by atoms with E-state index < -0.39 is 19.3 Å². The van der Waals surface area contributed by atoms with E-state index in [9.17, 15) is 13.6 Å². The van der Waals surface area contributed by atoms with Crippen LogP contribution in [-0.2, 0) is 13.1 Å². The number of alkyl halides is 2. The zero-order valence-electron chi connectivity index (χ0n) is 9.90. The average molecular weight is 283 g/mol. The maximum atomic E-state index is 12.6. The maximum absolute atomic E-state index is 12.6. The minimum absolute atomic E-state index is 0.0300. The first kappa shape index (κ1) is 13.5. The van der Waals surface area contributed by atoms with E-state index in [1.54, 1.807) is 24.3 Å². The number of nitrogens with zero attached hydrogens (tertiary/aromatic N) is 2. The van der Waals surface area contributed by atoms with Crippen LogP contribution in [0.25, 0.3) is 0 Å². The van der Waals surface area contributed by atoms with Gasteiger partial charge in [0.05, 0.1) is 6.67 Å². The number of nitrogens with one attached hydrogen (secondary N) is 1. The molecule has 1 heterocycles. The van der Waals surface area contributed by atoms with Crippen molar-refractivity contribution in [2.75, 3.05) is 12.0 Å². The van der Waals surface area contributed by atoms with E-state index in [4.69, 9.17) is 0 Å². The van der Waals surface area contributed by atoms with Crippen LogP contribution in [0.4, 0.5) is 14.5 Å². The molecule has 1 aromatic carbocycles. The second-order valence-corrected chi connectivity index (χ2v) is 4.53. The summed E-state index contributed by atoms with van der Waals surface area (Å²) in [5.41, 5.74) is 1.35. The fraction of sp³-hybridized carbons (Fsp3) is 0.250. The highest BCUT2D eigenvalue weighted by molar-refractivity contribution is 7.08. The Bertz CT molecular complexity index is 574. The molecular weight excluding hydrogens is 272 g/mol. The SMILES string of the molecule is O=C(Nc1cccc(CCF)c1)c1snnc1CF. The molecular formula is C12H11F2N3OS. The normalized spacial score (nSPS) is 10.4. The Morgan fingerprint density at radius 1 is 1.37 bits per heavy atom. The van der Waals surface area contributed by atoms with Gasteiger partial charge in [-0.3, -0.25) is 9.18 Å². The zero-order chi connectivity index (χ0) is 13.7. The fourth-order valence-electron chi connectivity index (χ4n) is 1.57. The van der Waals surface area contributed by atoms with Crippen LogP contribution in [0.2, 0.25) is 0 Å². The lowest BCUT2D eigenvalue weighted by atomic mass is 10.1. The number of aromatic nitrogens is 2. The van der Waals surface area contributed by atoms with Gasteiger partial charge in [-0.05, 0) is 29.2 Å². The Hall–Kier alpha value is -1.89. The molecule has 1 N–H and O–H groups in total. The summed E-state index contributed by atoms with van der Waals surface area (Å²) < 4.78 is 28.4. The summed E-state index contributed by atoms with van der Waals surface area (Å²) in [6, 6.07) is 6.86. The van der Waals surface area contributed by atoms with Gasteiger partial charge in [0, 0.05) is 12.1 Å². The summed E-state index contributed by atoms with van der Waals surface area (Å²) in [6.45, 7) is -1.29. The first-order chi connectivity index (χ1) is 9.24. The molecule has 0 unspecified atom stereocenters.